The predicted octanol–water partition coefficient (Wildman–Crippen LogP) is 5.27. The minimum atomic E-state index is -0.933. The Morgan fingerprint density at radius 1 is 0.875 bits per heavy atom. The number of benzene rings is 3. The van der Waals surface area contributed by atoms with Gasteiger partial charge in [0.05, 0.1) is 18.5 Å². The number of piperidine rings is 1. The molecule has 2 N–H and O–H groups in total. The molecule has 5 rings (SSSR count). The zero-order chi connectivity index (χ0) is 34.0. The van der Waals surface area contributed by atoms with Crippen molar-refractivity contribution in [3.05, 3.63) is 111 Å². The van der Waals surface area contributed by atoms with E-state index in [9.17, 15) is 20.4 Å². The van der Waals surface area contributed by atoms with Gasteiger partial charge in [-0.15, -0.1) is 0 Å². The van der Waals surface area contributed by atoms with E-state index < -0.39 is 17.9 Å². The average Bonchev–Trinajstić information content (AvgIpc) is 3.60. The van der Waals surface area contributed by atoms with Gasteiger partial charge in [-0.25, -0.2) is 0 Å². The molecule has 0 aromatic heterocycles. The summed E-state index contributed by atoms with van der Waals surface area (Å²) >= 11 is 0. The fourth-order valence-corrected chi connectivity index (χ4v) is 7.00. The fourth-order valence-electron chi connectivity index (χ4n) is 7.00. The van der Waals surface area contributed by atoms with E-state index in [1.54, 1.807) is 17.0 Å². The first kappa shape index (κ1) is 34.5. The molecule has 1 unspecified atom stereocenters. The lowest BCUT2D eigenvalue weighted by Gasteiger charge is -2.33. The number of carbonyl (C=O) groups excluding carboxylic acids is 1. The summed E-state index contributed by atoms with van der Waals surface area (Å²) in [6.07, 6.45) is 3.90. The van der Waals surface area contributed by atoms with Crippen molar-refractivity contribution >= 4 is 17.6 Å². The van der Waals surface area contributed by atoms with Crippen LogP contribution in [0.2, 0.25) is 0 Å². The van der Waals surface area contributed by atoms with Crippen LogP contribution in [0.4, 0.5) is 5.69 Å². The second-order valence-electron chi connectivity index (χ2n) is 13.0. The Kier molecular flexibility index (Phi) is 11.8. The maximum absolute atomic E-state index is 15.1. The molecule has 0 radical (unpaired) electrons. The molecule has 2 fully saturated rings. The summed E-state index contributed by atoms with van der Waals surface area (Å²) < 4.78 is 0. The largest absolute Gasteiger partial charge is 0.481 e. The molecular weight excluding hydrogens is 600 g/mol. The third-order valence-corrected chi connectivity index (χ3v) is 9.11. The van der Waals surface area contributed by atoms with E-state index in [1.807, 2.05) is 44.2 Å². The number of nitrogens with zero attached hydrogens (tertiary/aromatic N) is 5. The number of hydrogen-bond acceptors (Lipinski definition) is 7. The molecule has 9 heteroatoms. The number of carboxylic acid groups (broad SMARTS) is 1. The van der Waals surface area contributed by atoms with Crippen LogP contribution in [-0.4, -0.2) is 65.7 Å². The first-order chi connectivity index (χ1) is 23.2. The number of carbonyl (C=O) groups is 2. The average molecular weight is 645 g/mol. The predicted molar refractivity (Wildman–Crippen MR) is 186 cm³/mol. The molecule has 248 valence electrons. The summed E-state index contributed by atoms with van der Waals surface area (Å²) in [5, 5.41) is 33.4. The Bertz CT molecular complexity index is 1700. The maximum Gasteiger partial charge on any atom is 0.307 e. The van der Waals surface area contributed by atoms with Gasteiger partial charge in [-0.2, -0.15) is 10.5 Å². The molecular formula is C39H44N6O3. The Hall–Kier alpha value is -4.80. The highest BCUT2D eigenvalue weighted by molar-refractivity contribution is 6.08. The summed E-state index contributed by atoms with van der Waals surface area (Å²) in [6, 6.07) is 25.1. The maximum atomic E-state index is 15.1. The van der Waals surface area contributed by atoms with Crippen LogP contribution in [0, 0.1) is 36.5 Å². The van der Waals surface area contributed by atoms with Crippen molar-refractivity contribution < 1.29 is 14.7 Å². The summed E-state index contributed by atoms with van der Waals surface area (Å²) in [5.74, 6) is -1.34. The van der Waals surface area contributed by atoms with Gasteiger partial charge in [0.2, 0.25) is 0 Å². The van der Waals surface area contributed by atoms with E-state index >= 15 is 4.79 Å². The zero-order valence-electron chi connectivity index (χ0n) is 27.9. The number of rotatable bonds is 12. The van der Waals surface area contributed by atoms with Crippen LogP contribution in [0.1, 0.15) is 52.6 Å². The number of nitriles is 2. The summed E-state index contributed by atoms with van der Waals surface area (Å²) in [5.41, 5.74) is 6.34. The van der Waals surface area contributed by atoms with Gasteiger partial charge < -0.3 is 15.3 Å². The molecule has 2 saturated heterocycles. The molecule has 3 aromatic rings. The Labute approximate surface area is 283 Å². The van der Waals surface area contributed by atoms with Crippen LogP contribution >= 0.6 is 0 Å². The number of carboxylic acids is 1. The lowest BCUT2D eigenvalue weighted by Crippen LogP contribution is -2.44. The quantitative estimate of drug-likeness (QED) is 0.202. The first-order valence-electron chi connectivity index (χ1n) is 16.7. The van der Waals surface area contributed by atoms with Gasteiger partial charge in [-0.05, 0) is 80.6 Å². The van der Waals surface area contributed by atoms with Crippen LogP contribution in [0.5, 0.6) is 0 Å². The summed E-state index contributed by atoms with van der Waals surface area (Å²) in [7, 11) is 0. The molecule has 0 spiro atoms. The zero-order valence-corrected chi connectivity index (χ0v) is 27.9. The first-order valence-corrected chi connectivity index (χ1v) is 16.7. The number of allylic oxidation sites excluding steroid dienone is 1. The SMILES string of the molecule is Cc1cc(C)cc(CC(C(C(=O)N(Cc2cccc(CC(=O)O)c2)c2cccc(CN3CCCCC3)c2)=C(C#N)C#N)N2CCNC2)c1. The van der Waals surface area contributed by atoms with Crippen molar-refractivity contribution in [2.45, 2.75) is 65.1 Å². The topological polar surface area (TPSA) is 124 Å². The third kappa shape index (κ3) is 8.96. The number of aliphatic carboxylic acids is 1. The van der Waals surface area contributed by atoms with E-state index in [4.69, 9.17) is 0 Å². The number of hydrogen-bond donors (Lipinski definition) is 2. The highest BCUT2D eigenvalue weighted by Crippen LogP contribution is 2.29. The van der Waals surface area contributed by atoms with E-state index in [-0.39, 0.29) is 24.1 Å². The van der Waals surface area contributed by atoms with E-state index in [0.717, 1.165) is 54.0 Å². The second-order valence-corrected chi connectivity index (χ2v) is 13.0. The van der Waals surface area contributed by atoms with Gasteiger partial charge in [0, 0.05) is 38.0 Å². The van der Waals surface area contributed by atoms with Crippen molar-refractivity contribution in [2.75, 3.05) is 37.7 Å². The Balaban J connectivity index is 1.60. The summed E-state index contributed by atoms with van der Waals surface area (Å²) in [6.45, 7) is 8.98. The Morgan fingerprint density at radius 3 is 2.23 bits per heavy atom. The lowest BCUT2D eigenvalue weighted by molar-refractivity contribution is -0.136. The third-order valence-electron chi connectivity index (χ3n) is 9.11. The number of aryl methyl sites for hydroxylation is 2. The van der Waals surface area contributed by atoms with E-state index in [0.29, 0.717) is 30.9 Å². The Morgan fingerprint density at radius 2 is 1.56 bits per heavy atom. The van der Waals surface area contributed by atoms with Crippen LogP contribution in [0.15, 0.2) is 77.9 Å². The molecule has 2 heterocycles. The van der Waals surface area contributed by atoms with Crippen molar-refractivity contribution in [1.29, 1.82) is 10.5 Å². The van der Waals surface area contributed by atoms with Crippen molar-refractivity contribution in [1.82, 2.24) is 15.1 Å². The molecule has 0 bridgehead atoms. The van der Waals surface area contributed by atoms with E-state index in [2.05, 4.69) is 51.5 Å². The number of amides is 1. The van der Waals surface area contributed by atoms with Gasteiger partial charge in [-0.1, -0.05) is 72.1 Å². The van der Waals surface area contributed by atoms with E-state index in [1.165, 1.54) is 19.3 Å². The normalized spacial score (nSPS) is 15.7. The van der Waals surface area contributed by atoms with Gasteiger partial charge >= 0.3 is 5.97 Å². The monoisotopic (exact) mass is 644 g/mol. The highest BCUT2D eigenvalue weighted by atomic mass is 16.4. The summed E-state index contributed by atoms with van der Waals surface area (Å²) in [4.78, 5) is 32.8. The van der Waals surface area contributed by atoms with Gasteiger partial charge in [-0.3, -0.25) is 19.4 Å². The van der Waals surface area contributed by atoms with Crippen LogP contribution < -0.4 is 10.2 Å². The molecule has 0 aliphatic carbocycles. The molecule has 3 aromatic carbocycles. The van der Waals surface area contributed by atoms with Crippen LogP contribution in [0.3, 0.4) is 0 Å². The van der Waals surface area contributed by atoms with Gasteiger partial charge in [0.25, 0.3) is 5.91 Å². The van der Waals surface area contributed by atoms with Crippen LogP contribution in [-0.2, 0) is 35.5 Å². The molecule has 1 amide bonds. The van der Waals surface area contributed by atoms with Gasteiger partial charge in [0.15, 0.2) is 0 Å². The molecule has 1 atom stereocenters. The smallest absolute Gasteiger partial charge is 0.307 e. The highest BCUT2D eigenvalue weighted by Gasteiger charge is 2.35. The number of nitrogens with one attached hydrogen (secondary N) is 1. The van der Waals surface area contributed by atoms with Gasteiger partial charge in [0.1, 0.15) is 17.7 Å². The molecule has 9 nitrogen and oxygen atoms in total. The minimum absolute atomic E-state index is 0.134. The standard InChI is InChI=1S/C39H44N6O3/c1-28-16-29(2)18-33(17-28)21-36(44-15-12-42-27-44)38(34(23-40)24-41)39(48)45(26-31-9-6-8-30(19-31)22-37(46)47)35-11-7-10-32(20-35)25-43-13-4-3-5-14-43/h6-11,16-20,36,42H,3-5,12-15,21-22,25-27H2,1-2H3,(H,46,47). The van der Waals surface area contributed by atoms with Crippen LogP contribution in [0.25, 0.3) is 0 Å². The van der Waals surface area contributed by atoms with Crippen molar-refractivity contribution in [2.24, 2.45) is 0 Å². The van der Waals surface area contributed by atoms with Crippen molar-refractivity contribution in [3.8, 4) is 12.1 Å². The lowest BCUT2D eigenvalue weighted by atomic mass is 9.91. The number of likely N-dealkylation sites (tertiary alicyclic amines) is 1. The number of anilines is 1. The molecule has 2 aliphatic heterocycles. The fraction of sp³-hybridized carbons (Fsp3) is 0.385. The van der Waals surface area contributed by atoms with Crippen molar-refractivity contribution in [3.63, 3.8) is 0 Å². The molecule has 48 heavy (non-hydrogen) atoms. The molecule has 0 saturated carbocycles. The second kappa shape index (κ2) is 16.3. The molecule has 2 aliphatic rings. The minimum Gasteiger partial charge on any atom is -0.481 e.